The summed E-state index contributed by atoms with van der Waals surface area (Å²) in [5.41, 5.74) is 0. The molecule has 1 fully saturated rings. The lowest BCUT2D eigenvalue weighted by Gasteiger charge is -2.30. The number of ether oxygens (including phenoxy) is 1. The van der Waals surface area contributed by atoms with Gasteiger partial charge in [-0.2, -0.15) is 0 Å². The molecule has 1 amide bonds. The topological polar surface area (TPSA) is 42.7 Å². The minimum Gasteiger partial charge on any atom is -0.484 e. The van der Waals surface area contributed by atoms with E-state index in [0.29, 0.717) is 28.2 Å². The molecule has 0 spiro atoms. The van der Waals surface area contributed by atoms with Crippen molar-refractivity contribution in [2.45, 2.75) is 26.4 Å². The van der Waals surface area contributed by atoms with Crippen molar-refractivity contribution in [2.75, 3.05) is 13.1 Å². The number of likely N-dealkylation sites (tertiary alicyclic amines) is 1. The van der Waals surface area contributed by atoms with Crippen molar-refractivity contribution in [3.8, 4) is 5.75 Å². The molecule has 23 heavy (non-hydrogen) atoms. The lowest BCUT2D eigenvalue weighted by Crippen LogP contribution is -2.38. The largest absolute Gasteiger partial charge is 0.484 e. The van der Waals surface area contributed by atoms with Crippen LogP contribution in [0.5, 0.6) is 5.75 Å². The number of amides is 1. The van der Waals surface area contributed by atoms with Gasteiger partial charge in [0.25, 0.3) is 5.91 Å². The number of benzene rings is 1. The van der Waals surface area contributed by atoms with Gasteiger partial charge in [-0.15, -0.1) is 0 Å². The molecule has 1 aliphatic rings. The fourth-order valence-electron chi connectivity index (χ4n) is 2.81. The Kier molecular flexibility index (Phi) is 4.91. The van der Waals surface area contributed by atoms with Gasteiger partial charge in [-0.05, 0) is 43.0 Å². The van der Waals surface area contributed by atoms with E-state index in [0.717, 1.165) is 19.5 Å². The van der Waals surface area contributed by atoms with Crippen molar-refractivity contribution in [3.63, 3.8) is 0 Å². The number of hydrogen-bond donors (Lipinski definition) is 0. The molecule has 2 aromatic rings. The predicted octanol–water partition coefficient (Wildman–Crippen LogP) is 4.38. The molecule has 1 atom stereocenters. The molecular weight excluding hydrogens is 314 g/mol. The second-order valence-electron chi connectivity index (χ2n) is 5.98. The van der Waals surface area contributed by atoms with Crippen LogP contribution in [0.25, 0.3) is 0 Å². The maximum Gasteiger partial charge on any atom is 0.289 e. The summed E-state index contributed by atoms with van der Waals surface area (Å²) in [7, 11) is 0. The van der Waals surface area contributed by atoms with E-state index in [4.69, 9.17) is 20.8 Å². The van der Waals surface area contributed by atoms with Crippen molar-refractivity contribution in [1.29, 1.82) is 0 Å². The van der Waals surface area contributed by atoms with Crippen LogP contribution in [0.2, 0.25) is 5.02 Å². The molecule has 3 rings (SSSR count). The third-order valence-electron chi connectivity index (χ3n) is 4.02. The molecule has 0 N–H and O–H groups in total. The normalized spacial score (nSPS) is 18.0. The van der Waals surface area contributed by atoms with E-state index < -0.39 is 0 Å². The first-order chi connectivity index (χ1) is 11.1. The minimum atomic E-state index is -0.0412. The minimum absolute atomic E-state index is 0.0412. The number of para-hydroxylation sites is 1. The smallest absolute Gasteiger partial charge is 0.289 e. The number of carbonyl (C=O) groups is 1. The molecule has 122 valence electrons. The van der Waals surface area contributed by atoms with Crippen LogP contribution in [0.1, 0.15) is 36.1 Å². The number of carbonyl (C=O) groups excluding carboxylic acids is 1. The predicted molar refractivity (Wildman–Crippen MR) is 88.8 cm³/mol. The second kappa shape index (κ2) is 7.09. The van der Waals surface area contributed by atoms with Gasteiger partial charge in [-0.25, -0.2) is 0 Å². The molecule has 5 heteroatoms. The Hall–Kier alpha value is -1.94. The maximum absolute atomic E-state index is 12.5. The highest BCUT2D eigenvalue weighted by atomic mass is 35.5. The Morgan fingerprint density at radius 1 is 1.35 bits per heavy atom. The molecule has 1 aromatic heterocycles. The summed E-state index contributed by atoms with van der Waals surface area (Å²) in [4.78, 5) is 14.3. The Morgan fingerprint density at radius 2 is 2.17 bits per heavy atom. The molecule has 1 aromatic carbocycles. The maximum atomic E-state index is 12.5. The van der Waals surface area contributed by atoms with Crippen LogP contribution >= 0.6 is 11.6 Å². The van der Waals surface area contributed by atoms with Crippen molar-refractivity contribution >= 4 is 17.5 Å². The third kappa shape index (κ3) is 3.88. The van der Waals surface area contributed by atoms with E-state index in [9.17, 15) is 4.79 Å². The summed E-state index contributed by atoms with van der Waals surface area (Å²) >= 11 is 6.04. The van der Waals surface area contributed by atoms with Crippen LogP contribution in [-0.4, -0.2) is 23.9 Å². The Labute approximate surface area is 141 Å². The second-order valence-corrected chi connectivity index (χ2v) is 6.39. The molecule has 0 bridgehead atoms. The summed E-state index contributed by atoms with van der Waals surface area (Å²) in [6.07, 6.45) is 2.23. The summed E-state index contributed by atoms with van der Waals surface area (Å²) in [6.45, 7) is 4.01. The molecule has 0 aliphatic carbocycles. The Morgan fingerprint density at radius 3 is 2.96 bits per heavy atom. The lowest BCUT2D eigenvalue weighted by molar-refractivity contribution is 0.0647. The van der Waals surface area contributed by atoms with Crippen molar-refractivity contribution in [1.82, 2.24) is 4.90 Å². The van der Waals surface area contributed by atoms with Gasteiger partial charge in [0.15, 0.2) is 5.76 Å². The molecule has 0 unspecified atom stereocenters. The zero-order chi connectivity index (χ0) is 16.2. The highest BCUT2D eigenvalue weighted by Gasteiger charge is 2.24. The van der Waals surface area contributed by atoms with Crippen LogP contribution < -0.4 is 4.74 Å². The van der Waals surface area contributed by atoms with Crippen molar-refractivity contribution in [3.05, 3.63) is 52.9 Å². The molecule has 1 aliphatic heterocycles. The summed E-state index contributed by atoms with van der Waals surface area (Å²) in [5, 5.41) is 0.553. The summed E-state index contributed by atoms with van der Waals surface area (Å²) in [5.74, 6) is 2.09. The van der Waals surface area contributed by atoms with Gasteiger partial charge in [0.2, 0.25) is 0 Å². The molecular formula is C18H20ClNO3. The number of hydrogen-bond acceptors (Lipinski definition) is 3. The highest BCUT2D eigenvalue weighted by molar-refractivity contribution is 6.32. The molecule has 2 heterocycles. The Balaban J connectivity index is 1.61. The molecule has 1 saturated heterocycles. The highest BCUT2D eigenvalue weighted by Crippen LogP contribution is 2.25. The first-order valence-corrected chi connectivity index (χ1v) is 8.26. The first kappa shape index (κ1) is 15.9. The van der Waals surface area contributed by atoms with Gasteiger partial charge in [-0.1, -0.05) is 30.7 Å². The van der Waals surface area contributed by atoms with Gasteiger partial charge in [0.1, 0.15) is 18.1 Å². The van der Waals surface area contributed by atoms with Crippen LogP contribution in [0.15, 0.2) is 40.8 Å². The van der Waals surface area contributed by atoms with Crippen molar-refractivity contribution in [2.24, 2.45) is 5.92 Å². The molecule has 4 nitrogen and oxygen atoms in total. The van der Waals surface area contributed by atoms with Gasteiger partial charge >= 0.3 is 0 Å². The number of furan rings is 1. The standard InChI is InChI=1S/C18H20ClNO3/c1-13-5-4-10-20(11-13)18(21)17-9-8-14(23-17)12-22-16-7-3-2-6-15(16)19/h2-3,6-9,13H,4-5,10-12H2,1H3/t13-/m1/s1. The molecule has 0 radical (unpaired) electrons. The van der Waals surface area contributed by atoms with E-state index >= 15 is 0 Å². The van der Waals surface area contributed by atoms with Gasteiger partial charge in [0, 0.05) is 13.1 Å². The van der Waals surface area contributed by atoms with Crippen LogP contribution in [-0.2, 0) is 6.61 Å². The lowest BCUT2D eigenvalue weighted by atomic mass is 10.0. The van der Waals surface area contributed by atoms with E-state index in [1.807, 2.05) is 17.0 Å². The van der Waals surface area contributed by atoms with E-state index in [-0.39, 0.29) is 12.5 Å². The average molecular weight is 334 g/mol. The van der Waals surface area contributed by atoms with E-state index in [1.54, 1.807) is 24.3 Å². The first-order valence-electron chi connectivity index (χ1n) is 7.89. The third-order valence-corrected chi connectivity index (χ3v) is 4.34. The number of halogens is 1. The summed E-state index contributed by atoms with van der Waals surface area (Å²) < 4.78 is 11.3. The fourth-order valence-corrected chi connectivity index (χ4v) is 3.00. The van der Waals surface area contributed by atoms with E-state index in [2.05, 4.69) is 6.92 Å². The van der Waals surface area contributed by atoms with Crippen LogP contribution in [0, 0.1) is 5.92 Å². The molecule has 0 saturated carbocycles. The SMILES string of the molecule is C[C@@H]1CCCN(C(=O)c2ccc(COc3ccccc3Cl)o2)C1. The summed E-state index contributed by atoms with van der Waals surface area (Å²) in [6, 6.07) is 10.8. The van der Waals surface area contributed by atoms with Crippen LogP contribution in [0.3, 0.4) is 0 Å². The van der Waals surface area contributed by atoms with Gasteiger partial charge < -0.3 is 14.1 Å². The van der Waals surface area contributed by atoms with Gasteiger partial charge in [-0.3, -0.25) is 4.79 Å². The van der Waals surface area contributed by atoms with Gasteiger partial charge in [0.05, 0.1) is 5.02 Å². The zero-order valence-corrected chi connectivity index (χ0v) is 13.9. The zero-order valence-electron chi connectivity index (χ0n) is 13.1. The van der Waals surface area contributed by atoms with E-state index in [1.165, 1.54) is 6.42 Å². The number of rotatable bonds is 4. The van der Waals surface area contributed by atoms with Crippen LogP contribution in [0.4, 0.5) is 0 Å². The monoisotopic (exact) mass is 333 g/mol. The quantitative estimate of drug-likeness (QED) is 0.833. The average Bonchev–Trinajstić information content (AvgIpc) is 3.02. The fraction of sp³-hybridized carbons (Fsp3) is 0.389. The number of piperidine rings is 1. The number of nitrogens with zero attached hydrogens (tertiary/aromatic N) is 1. The Bertz CT molecular complexity index is 682. The van der Waals surface area contributed by atoms with Crippen molar-refractivity contribution < 1.29 is 13.9 Å².